The summed E-state index contributed by atoms with van der Waals surface area (Å²) in [6.45, 7) is 3.41. The number of hydrogen-bond acceptors (Lipinski definition) is 6. The van der Waals surface area contributed by atoms with Crippen molar-refractivity contribution >= 4 is 29.4 Å². The Morgan fingerprint density at radius 2 is 1.79 bits per heavy atom. The van der Waals surface area contributed by atoms with Crippen LogP contribution in [0.2, 0.25) is 5.02 Å². The highest BCUT2D eigenvalue weighted by Crippen LogP contribution is 2.32. The van der Waals surface area contributed by atoms with Crippen LogP contribution in [0.3, 0.4) is 0 Å². The third-order valence-corrected chi connectivity index (χ3v) is 5.52. The van der Waals surface area contributed by atoms with E-state index in [4.69, 9.17) is 20.9 Å². The normalized spacial score (nSPS) is 11.6. The molecule has 4 aromatic rings. The lowest BCUT2D eigenvalue weighted by atomic mass is 10.0. The monoisotopic (exact) mass is 477 g/mol. The summed E-state index contributed by atoms with van der Waals surface area (Å²) < 4.78 is 10.8. The van der Waals surface area contributed by atoms with Crippen LogP contribution in [0.5, 0.6) is 0 Å². The number of hydrogen-bond donors (Lipinski definition) is 2. The van der Waals surface area contributed by atoms with Crippen molar-refractivity contribution in [1.82, 2.24) is 10.1 Å². The van der Waals surface area contributed by atoms with Crippen molar-refractivity contribution in [3.8, 4) is 22.5 Å². The summed E-state index contributed by atoms with van der Waals surface area (Å²) in [5, 5.41) is 16.5. The molecule has 0 bridgehead atoms. The molecule has 0 saturated carbocycles. The summed E-state index contributed by atoms with van der Waals surface area (Å²) in [4.78, 5) is 28.0. The molecule has 0 aliphatic heterocycles. The minimum absolute atomic E-state index is 0.150. The number of benzene rings is 2. The molecule has 0 radical (unpaired) electrons. The third-order valence-electron chi connectivity index (χ3n) is 5.18. The van der Waals surface area contributed by atoms with Crippen LogP contribution in [0.15, 0.2) is 71.4 Å². The lowest BCUT2D eigenvalue weighted by Gasteiger charge is -2.15. The van der Waals surface area contributed by atoms with Crippen LogP contribution in [-0.4, -0.2) is 27.3 Å². The Bertz CT molecular complexity index is 1350. The minimum atomic E-state index is -1.02. The standard InChI is InChI=1S/C25H20ClN3O5/c1-14(19-5-3-4-6-20(19)26)33-25(32)28-22-15(2)34-29-23(22)17-9-7-16(8-10-17)21-13-18(24(30)31)11-12-27-21/h3-14H,1-2H3,(H,28,32)(H,30,31). The Kier molecular flexibility index (Phi) is 6.60. The lowest BCUT2D eigenvalue weighted by Crippen LogP contribution is -2.17. The van der Waals surface area contributed by atoms with E-state index in [2.05, 4.69) is 15.5 Å². The zero-order valence-electron chi connectivity index (χ0n) is 18.3. The van der Waals surface area contributed by atoms with Crippen LogP contribution < -0.4 is 5.32 Å². The van der Waals surface area contributed by atoms with E-state index >= 15 is 0 Å². The van der Waals surface area contributed by atoms with Crippen LogP contribution >= 0.6 is 11.6 Å². The second-order valence-corrected chi connectivity index (χ2v) is 7.88. The van der Waals surface area contributed by atoms with E-state index in [1.165, 1.54) is 18.3 Å². The summed E-state index contributed by atoms with van der Waals surface area (Å²) in [6.07, 6.45) is 0.210. The van der Waals surface area contributed by atoms with Crippen LogP contribution in [0.4, 0.5) is 10.5 Å². The molecule has 1 atom stereocenters. The third kappa shape index (κ3) is 4.92. The Morgan fingerprint density at radius 3 is 2.50 bits per heavy atom. The van der Waals surface area contributed by atoms with Gasteiger partial charge < -0.3 is 14.4 Å². The van der Waals surface area contributed by atoms with E-state index in [-0.39, 0.29) is 5.56 Å². The minimum Gasteiger partial charge on any atom is -0.478 e. The number of carbonyl (C=O) groups is 2. The number of pyridine rings is 1. The molecule has 2 aromatic heterocycles. The van der Waals surface area contributed by atoms with Gasteiger partial charge in [0.2, 0.25) is 0 Å². The van der Waals surface area contributed by atoms with Crippen LogP contribution in [0.1, 0.15) is 34.7 Å². The lowest BCUT2D eigenvalue weighted by molar-refractivity contribution is 0.0696. The highest BCUT2D eigenvalue weighted by molar-refractivity contribution is 6.31. The number of aromatic nitrogens is 2. The maximum Gasteiger partial charge on any atom is 0.412 e. The van der Waals surface area contributed by atoms with Crippen molar-refractivity contribution in [3.05, 3.63) is 88.8 Å². The van der Waals surface area contributed by atoms with E-state index in [1.54, 1.807) is 56.3 Å². The number of carboxylic acid groups (broad SMARTS) is 1. The zero-order chi connectivity index (χ0) is 24.2. The molecule has 172 valence electrons. The molecule has 2 N–H and O–H groups in total. The van der Waals surface area contributed by atoms with Crippen LogP contribution in [0.25, 0.3) is 22.5 Å². The Labute approximate surface area is 200 Å². The van der Waals surface area contributed by atoms with Gasteiger partial charge in [0.1, 0.15) is 17.5 Å². The largest absolute Gasteiger partial charge is 0.478 e. The SMILES string of the molecule is Cc1onc(-c2ccc(-c3cc(C(=O)O)ccn3)cc2)c1NC(=O)OC(C)c1ccccc1Cl. The fourth-order valence-corrected chi connectivity index (χ4v) is 3.69. The number of anilines is 1. The molecule has 1 unspecified atom stereocenters. The van der Waals surface area contributed by atoms with Gasteiger partial charge in [-0.3, -0.25) is 10.3 Å². The fraction of sp³-hybridized carbons (Fsp3) is 0.120. The van der Waals surface area contributed by atoms with E-state index in [0.717, 1.165) is 5.56 Å². The summed E-state index contributed by atoms with van der Waals surface area (Å²) in [5.74, 6) is -0.609. The van der Waals surface area contributed by atoms with E-state index in [1.807, 2.05) is 6.07 Å². The first-order valence-corrected chi connectivity index (χ1v) is 10.7. The number of aromatic carboxylic acids is 1. The predicted molar refractivity (Wildman–Crippen MR) is 127 cm³/mol. The van der Waals surface area contributed by atoms with Crippen molar-refractivity contribution in [2.75, 3.05) is 5.32 Å². The van der Waals surface area contributed by atoms with Gasteiger partial charge in [-0.15, -0.1) is 0 Å². The number of aryl methyl sites for hydroxylation is 1. The average molecular weight is 478 g/mol. The predicted octanol–water partition coefficient (Wildman–Crippen LogP) is 6.37. The number of rotatable bonds is 6. The Balaban J connectivity index is 1.52. The summed E-state index contributed by atoms with van der Waals surface area (Å²) in [5.41, 5.74) is 3.60. The molecule has 2 heterocycles. The molecule has 1 amide bonds. The highest BCUT2D eigenvalue weighted by atomic mass is 35.5. The number of carbonyl (C=O) groups excluding carboxylic acids is 1. The number of nitrogens with zero attached hydrogens (tertiary/aromatic N) is 2. The number of carboxylic acids is 1. The fourth-order valence-electron chi connectivity index (χ4n) is 3.40. The van der Waals surface area contributed by atoms with Gasteiger partial charge in [-0.1, -0.05) is 59.2 Å². The second kappa shape index (κ2) is 9.76. The zero-order valence-corrected chi connectivity index (χ0v) is 19.0. The van der Waals surface area contributed by atoms with Crippen molar-refractivity contribution in [2.24, 2.45) is 0 Å². The molecule has 0 saturated heterocycles. The van der Waals surface area contributed by atoms with Gasteiger partial charge in [0, 0.05) is 27.9 Å². The molecule has 0 aliphatic carbocycles. The molecule has 8 nitrogen and oxygen atoms in total. The van der Waals surface area contributed by atoms with Crippen LogP contribution in [0, 0.1) is 6.92 Å². The number of amides is 1. The molecule has 4 rings (SSSR count). The maximum atomic E-state index is 12.6. The smallest absolute Gasteiger partial charge is 0.412 e. The van der Waals surface area contributed by atoms with E-state index in [0.29, 0.717) is 39.0 Å². The summed E-state index contributed by atoms with van der Waals surface area (Å²) in [6, 6.07) is 17.2. The van der Waals surface area contributed by atoms with Gasteiger partial charge in [-0.05, 0) is 32.0 Å². The van der Waals surface area contributed by atoms with Gasteiger partial charge in [-0.2, -0.15) is 0 Å². The average Bonchev–Trinajstić information content (AvgIpc) is 3.19. The molecule has 0 aliphatic rings. The number of ether oxygens (including phenoxy) is 1. The molecule has 34 heavy (non-hydrogen) atoms. The van der Waals surface area contributed by atoms with Gasteiger partial charge in [-0.25, -0.2) is 9.59 Å². The van der Waals surface area contributed by atoms with E-state index in [9.17, 15) is 14.7 Å². The first-order valence-electron chi connectivity index (χ1n) is 10.3. The molecular formula is C25H20ClN3O5. The highest BCUT2D eigenvalue weighted by Gasteiger charge is 2.20. The first kappa shape index (κ1) is 23.0. The summed E-state index contributed by atoms with van der Waals surface area (Å²) in [7, 11) is 0. The van der Waals surface area contributed by atoms with Crippen molar-refractivity contribution in [2.45, 2.75) is 20.0 Å². The van der Waals surface area contributed by atoms with E-state index < -0.39 is 18.2 Å². The van der Waals surface area contributed by atoms with Gasteiger partial charge in [0.15, 0.2) is 5.76 Å². The van der Waals surface area contributed by atoms with Gasteiger partial charge >= 0.3 is 12.1 Å². The van der Waals surface area contributed by atoms with Crippen molar-refractivity contribution in [3.63, 3.8) is 0 Å². The second-order valence-electron chi connectivity index (χ2n) is 7.47. The van der Waals surface area contributed by atoms with Crippen molar-refractivity contribution < 1.29 is 24.0 Å². The first-order chi connectivity index (χ1) is 16.3. The van der Waals surface area contributed by atoms with Crippen LogP contribution in [-0.2, 0) is 4.74 Å². The Morgan fingerprint density at radius 1 is 1.09 bits per heavy atom. The topological polar surface area (TPSA) is 115 Å². The molecular weight excluding hydrogens is 458 g/mol. The molecule has 0 spiro atoms. The summed E-state index contributed by atoms with van der Waals surface area (Å²) >= 11 is 6.19. The van der Waals surface area contributed by atoms with Gasteiger partial charge in [0.25, 0.3) is 0 Å². The molecule has 9 heteroatoms. The van der Waals surface area contributed by atoms with Gasteiger partial charge in [0.05, 0.1) is 11.3 Å². The molecule has 2 aromatic carbocycles. The quantitative estimate of drug-likeness (QED) is 0.331. The maximum absolute atomic E-state index is 12.6. The molecule has 0 fully saturated rings. The Hall–Kier alpha value is -4.17. The number of halogens is 1. The number of nitrogens with one attached hydrogen (secondary N) is 1. The van der Waals surface area contributed by atoms with Crippen molar-refractivity contribution in [1.29, 1.82) is 0 Å².